The highest BCUT2D eigenvalue weighted by Gasteiger charge is 2.13. The van der Waals surface area contributed by atoms with Crippen molar-refractivity contribution in [1.82, 2.24) is 4.83 Å². The average molecular weight is 376 g/mol. The molecule has 0 aliphatic rings. The zero-order valence-corrected chi connectivity index (χ0v) is 16.2. The van der Waals surface area contributed by atoms with Crippen LogP contribution in [0.1, 0.15) is 25.0 Å². The normalized spacial score (nSPS) is 11.7. The van der Waals surface area contributed by atoms with E-state index in [1.54, 1.807) is 37.4 Å². The first kappa shape index (κ1) is 19.8. The third-order valence-electron chi connectivity index (χ3n) is 3.69. The van der Waals surface area contributed by atoms with Gasteiger partial charge in [0, 0.05) is 5.56 Å². The number of ether oxygens (including phenoxy) is 2. The van der Waals surface area contributed by atoms with Crippen LogP contribution in [0.2, 0.25) is 0 Å². The van der Waals surface area contributed by atoms with Crippen LogP contribution < -0.4 is 14.3 Å². The Morgan fingerprint density at radius 2 is 1.77 bits per heavy atom. The van der Waals surface area contributed by atoms with Gasteiger partial charge in [0.15, 0.2) is 0 Å². The van der Waals surface area contributed by atoms with Crippen LogP contribution in [0, 0.1) is 5.92 Å². The third kappa shape index (κ3) is 5.23. The molecule has 0 aromatic heterocycles. The molecule has 2 rings (SSSR count). The number of sulfonamides is 1. The van der Waals surface area contributed by atoms with Gasteiger partial charge in [-0.2, -0.15) is 13.5 Å². The monoisotopic (exact) mass is 376 g/mol. The van der Waals surface area contributed by atoms with Gasteiger partial charge in [-0.3, -0.25) is 0 Å². The maximum absolute atomic E-state index is 12.4. The van der Waals surface area contributed by atoms with Crippen molar-refractivity contribution in [2.75, 3.05) is 14.2 Å². The molecular formula is C19H24N2O4S. The number of nitrogens with zero attached hydrogens (tertiary/aromatic N) is 1. The Kier molecular flexibility index (Phi) is 6.63. The Morgan fingerprint density at radius 1 is 1.08 bits per heavy atom. The molecule has 140 valence electrons. The minimum atomic E-state index is -3.73. The second kappa shape index (κ2) is 8.71. The summed E-state index contributed by atoms with van der Waals surface area (Å²) in [6.07, 6.45) is 2.29. The zero-order valence-electron chi connectivity index (χ0n) is 15.4. The van der Waals surface area contributed by atoms with Crippen molar-refractivity contribution in [3.05, 3.63) is 53.6 Å². The lowest BCUT2D eigenvalue weighted by Gasteiger charge is -2.08. The van der Waals surface area contributed by atoms with Gasteiger partial charge in [0.2, 0.25) is 0 Å². The number of hydrogen-bond donors (Lipinski definition) is 1. The smallest absolute Gasteiger partial charge is 0.276 e. The lowest BCUT2D eigenvalue weighted by atomic mass is 10.0. The Bertz CT molecular complexity index is 860. The maximum Gasteiger partial charge on any atom is 0.276 e. The molecule has 0 bridgehead atoms. The molecule has 6 nitrogen and oxygen atoms in total. The predicted molar refractivity (Wildman–Crippen MR) is 102 cm³/mol. The molecule has 0 aliphatic heterocycles. The van der Waals surface area contributed by atoms with Crippen LogP contribution in [0.3, 0.4) is 0 Å². The lowest BCUT2D eigenvalue weighted by molar-refractivity contribution is 0.402. The SMILES string of the molecule is COc1ccc(OC)c(/C=N/NS(=O)(=O)c2ccc(CC(C)C)cc2)c1. The molecule has 0 unspecified atom stereocenters. The Morgan fingerprint density at radius 3 is 2.35 bits per heavy atom. The van der Waals surface area contributed by atoms with Crippen LogP contribution in [-0.2, 0) is 16.4 Å². The van der Waals surface area contributed by atoms with E-state index in [2.05, 4.69) is 23.8 Å². The molecule has 0 spiro atoms. The first-order valence-electron chi connectivity index (χ1n) is 8.21. The lowest BCUT2D eigenvalue weighted by Crippen LogP contribution is -2.18. The molecule has 7 heteroatoms. The van der Waals surface area contributed by atoms with Crippen LogP contribution in [0.5, 0.6) is 11.5 Å². The summed E-state index contributed by atoms with van der Waals surface area (Å²) >= 11 is 0. The summed E-state index contributed by atoms with van der Waals surface area (Å²) in [5.74, 6) is 1.70. The highest BCUT2D eigenvalue weighted by atomic mass is 32.2. The summed E-state index contributed by atoms with van der Waals surface area (Å²) in [5, 5.41) is 3.85. The topological polar surface area (TPSA) is 77.0 Å². The number of hydrazone groups is 1. The molecule has 0 heterocycles. The minimum absolute atomic E-state index is 0.166. The Labute approximate surface area is 154 Å². The van der Waals surface area contributed by atoms with Crippen molar-refractivity contribution < 1.29 is 17.9 Å². The molecule has 2 aromatic carbocycles. The van der Waals surface area contributed by atoms with Gasteiger partial charge in [-0.1, -0.05) is 26.0 Å². The Balaban J connectivity index is 2.13. The van der Waals surface area contributed by atoms with Crippen molar-refractivity contribution >= 4 is 16.2 Å². The number of nitrogens with one attached hydrogen (secondary N) is 1. The van der Waals surface area contributed by atoms with Gasteiger partial charge in [0.1, 0.15) is 11.5 Å². The fraction of sp³-hybridized carbons (Fsp3) is 0.316. The van der Waals surface area contributed by atoms with E-state index in [0.717, 1.165) is 12.0 Å². The van der Waals surface area contributed by atoms with Gasteiger partial charge in [-0.05, 0) is 48.2 Å². The fourth-order valence-electron chi connectivity index (χ4n) is 2.43. The van der Waals surface area contributed by atoms with E-state index < -0.39 is 10.0 Å². The number of hydrogen-bond acceptors (Lipinski definition) is 5. The van der Waals surface area contributed by atoms with Crippen LogP contribution in [0.25, 0.3) is 0 Å². The van der Waals surface area contributed by atoms with Crippen molar-refractivity contribution in [3.8, 4) is 11.5 Å². The molecule has 0 fully saturated rings. The van der Waals surface area contributed by atoms with Gasteiger partial charge >= 0.3 is 0 Å². The first-order valence-corrected chi connectivity index (χ1v) is 9.70. The third-order valence-corrected chi connectivity index (χ3v) is 4.93. The highest BCUT2D eigenvalue weighted by molar-refractivity contribution is 7.89. The number of rotatable bonds is 8. The molecule has 0 radical (unpaired) electrons. The molecule has 1 N–H and O–H groups in total. The van der Waals surface area contributed by atoms with Crippen molar-refractivity contribution in [2.45, 2.75) is 25.2 Å². The van der Waals surface area contributed by atoms with Crippen LogP contribution >= 0.6 is 0 Å². The van der Waals surface area contributed by atoms with Gasteiger partial charge in [0.25, 0.3) is 10.0 Å². The fourth-order valence-corrected chi connectivity index (χ4v) is 3.23. The van der Waals surface area contributed by atoms with E-state index >= 15 is 0 Å². The summed E-state index contributed by atoms with van der Waals surface area (Å²) in [5.41, 5.74) is 1.70. The van der Waals surface area contributed by atoms with Crippen LogP contribution in [0.15, 0.2) is 52.5 Å². The summed E-state index contributed by atoms with van der Waals surface area (Å²) in [6.45, 7) is 4.24. The van der Waals surface area contributed by atoms with Crippen molar-refractivity contribution in [1.29, 1.82) is 0 Å². The van der Waals surface area contributed by atoms with Crippen molar-refractivity contribution in [3.63, 3.8) is 0 Å². The molecule has 0 aliphatic carbocycles. The van der Waals surface area contributed by atoms with E-state index in [1.807, 2.05) is 12.1 Å². The molecule has 0 saturated carbocycles. The maximum atomic E-state index is 12.4. The van der Waals surface area contributed by atoms with Gasteiger partial charge in [-0.25, -0.2) is 4.83 Å². The molecule has 0 atom stereocenters. The number of benzene rings is 2. The van der Waals surface area contributed by atoms with Gasteiger partial charge in [0.05, 0.1) is 25.3 Å². The van der Waals surface area contributed by atoms with Gasteiger partial charge < -0.3 is 9.47 Å². The van der Waals surface area contributed by atoms with E-state index in [9.17, 15) is 8.42 Å². The summed E-state index contributed by atoms with van der Waals surface area (Å²) in [4.78, 5) is 2.38. The molecule has 0 amide bonds. The van der Waals surface area contributed by atoms with E-state index in [4.69, 9.17) is 9.47 Å². The quantitative estimate of drug-likeness (QED) is 0.567. The molecular weight excluding hydrogens is 352 g/mol. The van der Waals surface area contributed by atoms with Gasteiger partial charge in [-0.15, -0.1) is 0 Å². The number of methoxy groups -OCH3 is 2. The van der Waals surface area contributed by atoms with Crippen molar-refractivity contribution in [2.24, 2.45) is 11.0 Å². The second-order valence-electron chi connectivity index (χ2n) is 6.20. The predicted octanol–water partition coefficient (Wildman–Crippen LogP) is 3.21. The second-order valence-corrected chi connectivity index (χ2v) is 7.86. The van der Waals surface area contributed by atoms with Crippen LogP contribution in [-0.4, -0.2) is 28.9 Å². The Hall–Kier alpha value is -2.54. The molecule has 26 heavy (non-hydrogen) atoms. The van der Waals surface area contributed by atoms with E-state index in [1.165, 1.54) is 13.3 Å². The summed E-state index contributed by atoms with van der Waals surface area (Å²) in [6, 6.07) is 12.0. The highest BCUT2D eigenvalue weighted by Crippen LogP contribution is 2.22. The van der Waals surface area contributed by atoms with Crippen LogP contribution in [0.4, 0.5) is 0 Å². The van der Waals surface area contributed by atoms with E-state index in [0.29, 0.717) is 23.0 Å². The summed E-state index contributed by atoms with van der Waals surface area (Å²) < 4.78 is 35.1. The summed E-state index contributed by atoms with van der Waals surface area (Å²) in [7, 11) is -0.651. The van der Waals surface area contributed by atoms with E-state index in [-0.39, 0.29) is 4.90 Å². The standard InChI is InChI=1S/C19H24N2O4S/c1-14(2)11-15-5-8-18(9-6-15)26(22,23)21-20-13-16-12-17(24-3)7-10-19(16)25-4/h5-10,12-14,21H,11H2,1-4H3/b20-13+. The zero-order chi connectivity index (χ0) is 19.2. The largest absolute Gasteiger partial charge is 0.497 e. The molecule has 2 aromatic rings. The average Bonchev–Trinajstić information content (AvgIpc) is 2.61. The minimum Gasteiger partial charge on any atom is -0.497 e. The first-order chi connectivity index (χ1) is 12.4. The molecule has 0 saturated heterocycles.